The van der Waals surface area contributed by atoms with Crippen molar-refractivity contribution in [1.82, 2.24) is 0 Å². The number of anilines is 2. The predicted molar refractivity (Wildman–Crippen MR) is 73.8 cm³/mol. The highest BCUT2D eigenvalue weighted by molar-refractivity contribution is 6.12. The average Bonchev–Trinajstić information content (AvgIpc) is 2.75. The summed E-state index contributed by atoms with van der Waals surface area (Å²) in [5.74, 6) is 0.608. The van der Waals surface area contributed by atoms with Gasteiger partial charge in [0.25, 0.3) is 0 Å². The number of ether oxygens (including phenoxy) is 1. The van der Waals surface area contributed by atoms with Crippen molar-refractivity contribution in [2.24, 2.45) is 0 Å². The SMILES string of the molecule is COc1ccc2c(oc3c(N)c(C)ccc32)c1N. The standard InChI is InChI=1S/C14H14N2O2/c1-7-3-4-8-9-5-6-10(17-2)12(16)14(9)18-13(8)11(7)15/h3-6H,15-16H2,1-2H3. The third-order valence-electron chi connectivity index (χ3n) is 3.28. The molecular weight excluding hydrogens is 228 g/mol. The van der Waals surface area contributed by atoms with Crippen molar-refractivity contribution in [2.45, 2.75) is 6.92 Å². The van der Waals surface area contributed by atoms with E-state index in [1.54, 1.807) is 7.11 Å². The Morgan fingerprint density at radius 1 is 0.944 bits per heavy atom. The van der Waals surface area contributed by atoms with Gasteiger partial charge in [-0.1, -0.05) is 12.1 Å². The summed E-state index contributed by atoms with van der Waals surface area (Å²) < 4.78 is 11.0. The topological polar surface area (TPSA) is 74.4 Å². The molecule has 3 aromatic rings. The molecule has 0 spiro atoms. The normalized spacial score (nSPS) is 11.2. The van der Waals surface area contributed by atoms with Crippen molar-refractivity contribution in [2.75, 3.05) is 18.6 Å². The van der Waals surface area contributed by atoms with Gasteiger partial charge in [0, 0.05) is 10.8 Å². The average molecular weight is 242 g/mol. The lowest BCUT2D eigenvalue weighted by molar-refractivity contribution is 0.417. The van der Waals surface area contributed by atoms with Crippen LogP contribution in [0.2, 0.25) is 0 Å². The minimum atomic E-state index is 0.503. The molecule has 4 nitrogen and oxygen atoms in total. The van der Waals surface area contributed by atoms with Gasteiger partial charge in [-0.25, -0.2) is 0 Å². The second-order valence-corrected chi connectivity index (χ2v) is 4.33. The number of hydrogen-bond donors (Lipinski definition) is 2. The quantitative estimate of drug-likeness (QED) is 0.643. The molecule has 4 N–H and O–H groups in total. The van der Waals surface area contributed by atoms with Crippen LogP contribution >= 0.6 is 0 Å². The molecule has 1 heterocycles. The molecule has 0 amide bonds. The molecule has 0 saturated heterocycles. The van der Waals surface area contributed by atoms with E-state index in [9.17, 15) is 0 Å². The fourth-order valence-corrected chi connectivity index (χ4v) is 2.20. The zero-order chi connectivity index (χ0) is 12.9. The van der Waals surface area contributed by atoms with Gasteiger partial charge in [-0.2, -0.15) is 0 Å². The minimum Gasteiger partial charge on any atom is -0.494 e. The van der Waals surface area contributed by atoms with Gasteiger partial charge in [0.05, 0.1) is 12.8 Å². The van der Waals surface area contributed by atoms with Crippen LogP contribution in [-0.4, -0.2) is 7.11 Å². The van der Waals surface area contributed by atoms with Gasteiger partial charge in [0.15, 0.2) is 11.2 Å². The van der Waals surface area contributed by atoms with E-state index >= 15 is 0 Å². The van der Waals surface area contributed by atoms with Crippen LogP contribution in [0.3, 0.4) is 0 Å². The highest BCUT2D eigenvalue weighted by Gasteiger charge is 2.15. The maximum Gasteiger partial charge on any atom is 0.162 e. The lowest BCUT2D eigenvalue weighted by atomic mass is 10.1. The molecule has 18 heavy (non-hydrogen) atoms. The van der Waals surface area contributed by atoms with Crippen molar-refractivity contribution >= 4 is 33.3 Å². The number of aryl methyl sites for hydroxylation is 1. The minimum absolute atomic E-state index is 0.503. The second-order valence-electron chi connectivity index (χ2n) is 4.33. The first-order chi connectivity index (χ1) is 8.63. The smallest absolute Gasteiger partial charge is 0.162 e. The Morgan fingerprint density at radius 2 is 1.56 bits per heavy atom. The van der Waals surface area contributed by atoms with Crippen LogP contribution in [-0.2, 0) is 0 Å². The molecule has 0 fully saturated rings. The summed E-state index contributed by atoms with van der Waals surface area (Å²) in [5.41, 5.74) is 15.5. The summed E-state index contributed by atoms with van der Waals surface area (Å²) in [6.07, 6.45) is 0. The summed E-state index contributed by atoms with van der Waals surface area (Å²) in [4.78, 5) is 0. The summed E-state index contributed by atoms with van der Waals surface area (Å²) in [7, 11) is 1.58. The van der Waals surface area contributed by atoms with Crippen molar-refractivity contribution < 1.29 is 9.15 Å². The Balaban J connectivity index is 2.50. The molecule has 0 saturated carbocycles. The van der Waals surface area contributed by atoms with Crippen LogP contribution in [0.5, 0.6) is 5.75 Å². The molecule has 92 valence electrons. The molecule has 2 aromatic carbocycles. The second kappa shape index (κ2) is 3.57. The van der Waals surface area contributed by atoms with Crippen LogP contribution < -0.4 is 16.2 Å². The fraction of sp³-hybridized carbons (Fsp3) is 0.143. The zero-order valence-electron chi connectivity index (χ0n) is 10.3. The summed E-state index contributed by atoms with van der Waals surface area (Å²) >= 11 is 0. The van der Waals surface area contributed by atoms with Crippen LogP contribution in [0.1, 0.15) is 5.56 Å². The van der Waals surface area contributed by atoms with Gasteiger partial charge in [-0.15, -0.1) is 0 Å². The summed E-state index contributed by atoms with van der Waals surface area (Å²) in [6.45, 7) is 1.95. The highest BCUT2D eigenvalue weighted by atomic mass is 16.5. The summed E-state index contributed by atoms with van der Waals surface area (Å²) in [5, 5.41) is 1.93. The number of rotatable bonds is 1. The van der Waals surface area contributed by atoms with E-state index in [4.69, 9.17) is 20.6 Å². The van der Waals surface area contributed by atoms with Gasteiger partial charge in [-0.3, -0.25) is 0 Å². The third kappa shape index (κ3) is 1.26. The monoisotopic (exact) mass is 242 g/mol. The molecule has 0 radical (unpaired) electrons. The molecule has 0 aliphatic carbocycles. The summed E-state index contributed by atoms with van der Waals surface area (Å²) in [6, 6.07) is 7.75. The molecular formula is C14H14N2O2. The third-order valence-corrected chi connectivity index (χ3v) is 3.28. The number of hydrogen-bond acceptors (Lipinski definition) is 4. The van der Waals surface area contributed by atoms with E-state index in [2.05, 4.69) is 0 Å². The van der Waals surface area contributed by atoms with E-state index in [-0.39, 0.29) is 0 Å². The lowest BCUT2D eigenvalue weighted by Crippen LogP contribution is -1.91. The fourth-order valence-electron chi connectivity index (χ4n) is 2.20. The number of methoxy groups -OCH3 is 1. The zero-order valence-corrected chi connectivity index (χ0v) is 10.3. The van der Waals surface area contributed by atoms with Crippen molar-refractivity contribution in [3.8, 4) is 5.75 Å². The molecule has 0 atom stereocenters. The van der Waals surface area contributed by atoms with Gasteiger partial charge in [0.1, 0.15) is 11.4 Å². The number of benzene rings is 2. The Bertz CT molecular complexity index is 759. The van der Waals surface area contributed by atoms with Crippen LogP contribution in [0.4, 0.5) is 11.4 Å². The highest BCUT2D eigenvalue weighted by Crippen LogP contribution is 2.39. The molecule has 1 aromatic heterocycles. The van der Waals surface area contributed by atoms with Gasteiger partial charge < -0.3 is 20.6 Å². The first-order valence-electron chi connectivity index (χ1n) is 5.67. The Hall–Kier alpha value is -2.36. The molecule has 0 aliphatic rings. The molecule has 0 unspecified atom stereocenters. The van der Waals surface area contributed by atoms with Crippen molar-refractivity contribution in [1.29, 1.82) is 0 Å². The van der Waals surface area contributed by atoms with E-state index in [1.165, 1.54) is 0 Å². The van der Waals surface area contributed by atoms with Crippen molar-refractivity contribution in [3.63, 3.8) is 0 Å². The Kier molecular flexibility index (Phi) is 2.13. The van der Waals surface area contributed by atoms with Crippen LogP contribution in [0.25, 0.3) is 21.9 Å². The first kappa shape index (κ1) is 10.8. The molecule has 4 heteroatoms. The number of nitrogen functional groups attached to an aromatic ring is 2. The van der Waals surface area contributed by atoms with E-state index in [0.29, 0.717) is 28.3 Å². The van der Waals surface area contributed by atoms with E-state index in [1.807, 2.05) is 31.2 Å². The Labute approximate surface area is 104 Å². The maximum atomic E-state index is 6.04. The maximum absolute atomic E-state index is 6.04. The van der Waals surface area contributed by atoms with E-state index in [0.717, 1.165) is 16.3 Å². The Morgan fingerprint density at radius 3 is 2.22 bits per heavy atom. The van der Waals surface area contributed by atoms with Gasteiger partial charge >= 0.3 is 0 Å². The van der Waals surface area contributed by atoms with Gasteiger partial charge in [-0.05, 0) is 24.6 Å². The number of furan rings is 1. The van der Waals surface area contributed by atoms with Crippen LogP contribution in [0.15, 0.2) is 28.7 Å². The van der Waals surface area contributed by atoms with Crippen LogP contribution in [0, 0.1) is 6.92 Å². The molecule has 3 rings (SSSR count). The number of fused-ring (bicyclic) bond motifs is 3. The lowest BCUT2D eigenvalue weighted by Gasteiger charge is -2.03. The predicted octanol–water partition coefficient (Wildman–Crippen LogP) is 3.07. The molecule has 0 aliphatic heterocycles. The van der Waals surface area contributed by atoms with Gasteiger partial charge in [0.2, 0.25) is 0 Å². The molecule has 0 bridgehead atoms. The van der Waals surface area contributed by atoms with E-state index < -0.39 is 0 Å². The number of nitrogens with two attached hydrogens (primary N) is 2. The largest absolute Gasteiger partial charge is 0.494 e. The first-order valence-corrected chi connectivity index (χ1v) is 5.67. The van der Waals surface area contributed by atoms with Crippen molar-refractivity contribution in [3.05, 3.63) is 29.8 Å².